The van der Waals surface area contributed by atoms with Crippen LogP contribution >= 0.6 is 0 Å². The van der Waals surface area contributed by atoms with Crippen molar-refractivity contribution >= 4 is 16.8 Å². The first-order chi connectivity index (χ1) is 21.0. The van der Waals surface area contributed by atoms with Crippen LogP contribution in [-0.4, -0.2) is 67.5 Å². The molecule has 10 nitrogen and oxygen atoms in total. The van der Waals surface area contributed by atoms with Gasteiger partial charge in [0.05, 0.1) is 19.8 Å². The highest BCUT2D eigenvalue weighted by molar-refractivity contribution is 5.99. The molecule has 0 amide bonds. The molecule has 44 heavy (non-hydrogen) atoms. The summed E-state index contributed by atoms with van der Waals surface area (Å²) in [7, 11) is 4.59. The Labute approximate surface area is 254 Å². The Hall–Kier alpha value is -4.22. The monoisotopic (exact) mass is 604 g/mol. The van der Waals surface area contributed by atoms with Crippen LogP contribution in [0, 0.1) is 6.92 Å². The number of rotatable bonds is 9. The third-order valence-corrected chi connectivity index (χ3v) is 7.99. The number of fused-ring (bicyclic) bond motifs is 1. The number of aliphatic hydroxyl groups is 2. The largest absolute Gasteiger partial charge is 0.497 e. The van der Waals surface area contributed by atoms with Gasteiger partial charge in [0.1, 0.15) is 41.1 Å². The van der Waals surface area contributed by atoms with Gasteiger partial charge in [0, 0.05) is 41.2 Å². The standard InChI is InChI=1S/C34H36O10/c1-18-26(42-33-29(37)28(36)31(41-6)34(2,3)44-33)13-10-21-15-22(32(38)43-30(18)21)17-25(35)20-9-14-27(40-5)24(16-20)19-7-11-23(39-4)12-8-19/h7-16,28-29,31,33,36-37H,17H2,1-6H3/t28-,29+,31+,33+/m0/s1. The van der Waals surface area contributed by atoms with Crippen LogP contribution in [0.25, 0.3) is 22.1 Å². The average Bonchev–Trinajstić information content (AvgIpc) is 3.01. The summed E-state index contributed by atoms with van der Waals surface area (Å²) in [6.07, 6.45) is -4.75. The molecule has 2 heterocycles. The number of benzene rings is 3. The maximum atomic E-state index is 13.4. The number of methoxy groups -OCH3 is 3. The van der Waals surface area contributed by atoms with E-state index in [4.69, 9.17) is 28.1 Å². The second-order valence-corrected chi connectivity index (χ2v) is 11.3. The van der Waals surface area contributed by atoms with Gasteiger partial charge in [0.25, 0.3) is 0 Å². The molecule has 232 valence electrons. The molecule has 1 saturated heterocycles. The molecular formula is C34H36O10. The third-order valence-electron chi connectivity index (χ3n) is 7.99. The van der Waals surface area contributed by atoms with Crippen molar-refractivity contribution in [3.05, 3.63) is 87.8 Å². The number of hydrogen-bond acceptors (Lipinski definition) is 10. The Kier molecular flexibility index (Phi) is 8.80. The van der Waals surface area contributed by atoms with Crippen molar-refractivity contribution in [2.24, 2.45) is 0 Å². The van der Waals surface area contributed by atoms with Crippen molar-refractivity contribution in [1.29, 1.82) is 0 Å². The smallest absolute Gasteiger partial charge is 0.339 e. The molecule has 0 saturated carbocycles. The quantitative estimate of drug-likeness (QED) is 0.208. The Morgan fingerprint density at radius 1 is 0.909 bits per heavy atom. The van der Waals surface area contributed by atoms with Gasteiger partial charge >= 0.3 is 5.63 Å². The predicted octanol–water partition coefficient (Wildman–Crippen LogP) is 4.46. The second kappa shape index (κ2) is 12.4. The molecule has 4 aromatic rings. The van der Waals surface area contributed by atoms with E-state index in [-0.39, 0.29) is 23.4 Å². The van der Waals surface area contributed by atoms with Gasteiger partial charge in [0.15, 0.2) is 5.78 Å². The Balaban J connectivity index is 1.39. The zero-order valence-electron chi connectivity index (χ0n) is 25.5. The fraction of sp³-hybridized carbons (Fsp3) is 0.353. The first-order valence-corrected chi connectivity index (χ1v) is 14.1. The van der Waals surface area contributed by atoms with Crippen molar-refractivity contribution in [3.63, 3.8) is 0 Å². The number of ether oxygens (including phenoxy) is 5. The molecule has 0 radical (unpaired) electrons. The van der Waals surface area contributed by atoms with Gasteiger partial charge in [0.2, 0.25) is 6.29 Å². The van der Waals surface area contributed by atoms with E-state index in [0.717, 1.165) is 11.1 Å². The summed E-state index contributed by atoms with van der Waals surface area (Å²) in [6.45, 7) is 5.17. The lowest BCUT2D eigenvalue weighted by Crippen LogP contribution is -2.63. The molecule has 0 bridgehead atoms. The number of Topliss-reactive ketones (excluding diaryl/α,β-unsaturated/α-hetero) is 1. The molecule has 1 aromatic heterocycles. The first-order valence-electron chi connectivity index (χ1n) is 14.1. The van der Waals surface area contributed by atoms with Crippen LogP contribution in [0.3, 0.4) is 0 Å². The van der Waals surface area contributed by atoms with Gasteiger partial charge in [-0.25, -0.2) is 4.79 Å². The van der Waals surface area contributed by atoms with Crippen LogP contribution < -0.4 is 19.8 Å². The minimum atomic E-state index is -1.38. The van der Waals surface area contributed by atoms with Crippen LogP contribution in [0.4, 0.5) is 0 Å². The number of aryl methyl sites for hydroxylation is 1. The predicted molar refractivity (Wildman–Crippen MR) is 163 cm³/mol. The zero-order chi connectivity index (χ0) is 31.8. The van der Waals surface area contributed by atoms with E-state index in [1.807, 2.05) is 24.3 Å². The van der Waals surface area contributed by atoms with Crippen LogP contribution in [0.5, 0.6) is 17.2 Å². The highest BCUT2D eigenvalue weighted by Gasteiger charge is 2.50. The molecule has 5 rings (SSSR count). The second-order valence-electron chi connectivity index (χ2n) is 11.3. The van der Waals surface area contributed by atoms with Gasteiger partial charge < -0.3 is 38.3 Å². The van der Waals surface area contributed by atoms with E-state index in [1.165, 1.54) is 7.11 Å². The fourth-order valence-corrected chi connectivity index (χ4v) is 5.58. The number of hydrogen-bond donors (Lipinski definition) is 2. The van der Waals surface area contributed by atoms with Gasteiger partial charge in [-0.3, -0.25) is 4.79 Å². The summed E-state index contributed by atoms with van der Waals surface area (Å²) in [5.41, 5.74) is 1.37. The summed E-state index contributed by atoms with van der Waals surface area (Å²) in [5, 5.41) is 21.8. The topological polar surface area (TPSA) is 134 Å². The van der Waals surface area contributed by atoms with E-state index < -0.39 is 35.8 Å². The minimum Gasteiger partial charge on any atom is -0.497 e. The summed E-state index contributed by atoms with van der Waals surface area (Å²) >= 11 is 0. The first kappa shape index (κ1) is 31.2. The highest BCUT2D eigenvalue weighted by Crippen LogP contribution is 2.35. The summed E-state index contributed by atoms with van der Waals surface area (Å²) in [5.74, 6) is 1.36. The van der Waals surface area contributed by atoms with Crippen LogP contribution in [0.2, 0.25) is 0 Å². The molecule has 0 spiro atoms. The van der Waals surface area contributed by atoms with E-state index in [9.17, 15) is 19.8 Å². The lowest BCUT2D eigenvalue weighted by molar-refractivity contribution is -0.306. The Morgan fingerprint density at radius 2 is 1.61 bits per heavy atom. The SMILES string of the molecule is COc1ccc(-c2cc(C(=O)Cc3cc4ccc(O[C@@H]5OC(C)(C)[C@H](OC)[C@@H](O)[C@H]5O)c(C)c4oc3=O)ccc2OC)cc1. The summed E-state index contributed by atoms with van der Waals surface area (Å²) in [6, 6.07) is 17.5. The third kappa shape index (κ3) is 5.94. The van der Waals surface area contributed by atoms with Crippen molar-refractivity contribution in [3.8, 4) is 28.4 Å². The molecule has 1 aliphatic rings. The van der Waals surface area contributed by atoms with Crippen LogP contribution in [0.15, 0.2) is 69.9 Å². The normalized spacial score (nSPS) is 21.2. The number of carbonyl (C=O) groups is 1. The van der Waals surface area contributed by atoms with Crippen LogP contribution in [-0.2, 0) is 15.9 Å². The highest BCUT2D eigenvalue weighted by atomic mass is 16.7. The Bertz CT molecular complexity index is 1720. The van der Waals surface area contributed by atoms with Crippen molar-refractivity contribution in [1.82, 2.24) is 0 Å². The van der Waals surface area contributed by atoms with Gasteiger partial charge in [-0.1, -0.05) is 12.1 Å². The summed E-state index contributed by atoms with van der Waals surface area (Å²) < 4.78 is 33.6. The van der Waals surface area contributed by atoms with E-state index in [0.29, 0.717) is 33.8 Å². The number of carbonyl (C=O) groups excluding carboxylic acids is 1. The maximum absolute atomic E-state index is 13.4. The number of ketones is 1. The minimum absolute atomic E-state index is 0.167. The molecule has 3 aromatic carbocycles. The van der Waals surface area contributed by atoms with Gasteiger partial charge in [-0.2, -0.15) is 0 Å². The van der Waals surface area contributed by atoms with Crippen LogP contribution in [0.1, 0.15) is 35.3 Å². The fourth-order valence-electron chi connectivity index (χ4n) is 5.58. The molecule has 0 aliphatic carbocycles. The van der Waals surface area contributed by atoms with E-state index in [1.54, 1.807) is 71.4 Å². The molecular weight excluding hydrogens is 568 g/mol. The van der Waals surface area contributed by atoms with E-state index in [2.05, 4.69) is 0 Å². The molecule has 1 fully saturated rings. The van der Waals surface area contributed by atoms with Gasteiger partial charge in [-0.15, -0.1) is 0 Å². The van der Waals surface area contributed by atoms with Crippen molar-refractivity contribution in [2.45, 2.75) is 57.4 Å². The van der Waals surface area contributed by atoms with E-state index >= 15 is 0 Å². The number of aliphatic hydroxyl groups excluding tert-OH is 2. The molecule has 10 heteroatoms. The average molecular weight is 605 g/mol. The molecule has 1 aliphatic heterocycles. The zero-order valence-corrected chi connectivity index (χ0v) is 25.5. The molecule has 2 N–H and O–H groups in total. The lowest BCUT2D eigenvalue weighted by atomic mass is 9.89. The molecule has 0 unspecified atom stereocenters. The van der Waals surface area contributed by atoms with Crippen molar-refractivity contribution in [2.75, 3.05) is 21.3 Å². The maximum Gasteiger partial charge on any atom is 0.339 e. The lowest BCUT2D eigenvalue weighted by Gasteiger charge is -2.46. The van der Waals surface area contributed by atoms with Crippen molar-refractivity contribution < 1.29 is 43.1 Å². The molecule has 4 atom stereocenters. The Morgan fingerprint density at radius 3 is 2.27 bits per heavy atom. The van der Waals surface area contributed by atoms with Gasteiger partial charge in [-0.05, 0) is 74.9 Å². The summed E-state index contributed by atoms with van der Waals surface area (Å²) in [4.78, 5) is 26.4.